The van der Waals surface area contributed by atoms with E-state index in [4.69, 9.17) is 28.9 Å². The number of imidazole rings is 1. The minimum Gasteiger partial charge on any atom is -0.326 e. The second-order valence-electron chi connectivity index (χ2n) is 5.94. The van der Waals surface area contributed by atoms with Crippen molar-refractivity contribution >= 4 is 40.3 Å². The molecule has 0 aliphatic rings. The molecule has 0 aliphatic heterocycles. The van der Waals surface area contributed by atoms with Gasteiger partial charge in [-0.25, -0.2) is 15.0 Å². The largest absolute Gasteiger partial charge is 0.326 e. The average molecular weight is 404 g/mol. The van der Waals surface area contributed by atoms with Crippen molar-refractivity contribution in [2.75, 3.05) is 0 Å². The maximum atomic E-state index is 6.48. The number of nitrogens with two attached hydrogens (primary N) is 1. The number of aryl methyl sites for hydroxylation is 2. The van der Waals surface area contributed by atoms with E-state index in [1.807, 2.05) is 42.0 Å². The molecule has 0 amide bonds. The Balaban J connectivity index is 2.04. The van der Waals surface area contributed by atoms with Crippen LogP contribution in [0.2, 0.25) is 10.0 Å². The molecule has 0 aliphatic carbocycles. The molecule has 0 saturated carbocycles. The fraction of sp³-hybridized carbons (Fsp3) is 0.167. The zero-order chi connectivity index (χ0) is 18.4. The lowest BCUT2D eigenvalue weighted by atomic mass is 10.0. The van der Waals surface area contributed by atoms with E-state index in [-0.39, 0.29) is 0 Å². The number of benzene rings is 1. The minimum atomic E-state index is 0.340. The summed E-state index contributed by atoms with van der Waals surface area (Å²) in [6.07, 6.45) is 1.93. The van der Waals surface area contributed by atoms with E-state index in [1.165, 1.54) is 0 Å². The standard InChI is InChI=1S/C18H15Cl2N5S/c1-9-8-26-17(22-9)15-7-25-16(12-4-3-11(19)5-14(12)20)13(6-21)10(2)23-18(25)24-15/h3-5,7-8H,6,21H2,1-2H3. The van der Waals surface area contributed by atoms with Crippen molar-refractivity contribution in [2.24, 2.45) is 5.73 Å². The number of hydrogen-bond donors (Lipinski definition) is 1. The third-order valence-corrected chi connectivity index (χ3v) is 5.68. The molecule has 5 nitrogen and oxygen atoms in total. The van der Waals surface area contributed by atoms with Crippen molar-refractivity contribution in [1.82, 2.24) is 19.4 Å². The van der Waals surface area contributed by atoms with Crippen LogP contribution in [0.15, 0.2) is 29.8 Å². The number of thiazole rings is 1. The third kappa shape index (κ3) is 2.89. The number of aromatic nitrogens is 4. The Hall–Kier alpha value is -1.99. The van der Waals surface area contributed by atoms with E-state index in [1.54, 1.807) is 17.4 Å². The Bertz CT molecular complexity index is 1130. The van der Waals surface area contributed by atoms with Crippen LogP contribution in [0.5, 0.6) is 0 Å². The topological polar surface area (TPSA) is 69.1 Å². The van der Waals surface area contributed by atoms with E-state index in [9.17, 15) is 0 Å². The molecular weight excluding hydrogens is 389 g/mol. The van der Waals surface area contributed by atoms with Crippen LogP contribution in [0.4, 0.5) is 0 Å². The zero-order valence-corrected chi connectivity index (χ0v) is 16.5. The first-order valence-electron chi connectivity index (χ1n) is 7.94. The van der Waals surface area contributed by atoms with Crippen LogP contribution in [0.3, 0.4) is 0 Å². The molecule has 3 heterocycles. The lowest BCUT2D eigenvalue weighted by molar-refractivity contribution is 0.963. The highest BCUT2D eigenvalue weighted by Crippen LogP contribution is 2.35. The van der Waals surface area contributed by atoms with E-state index in [0.717, 1.165) is 38.9 Å². The van der Waals surface area contributed by atoms with Crippen LogP contribution in [0.25, 0.3) is 27.7 Å². The van der Waals surface area contributed by atoms with E-state index < -0.39 is 0 Å². The van der Waals surface area contributed by atoms with Crippen molar-refractivity contribution in [1.29, 1.82) is 0 Å². The second-order valence-corrected chi connectivity index (χ2v) is 7.64. The maximum absolute atomic E-state index is 6.48. The van der Waals surface area contributed by atoms with Gasteiger partial charge in [-0.05, 0) is 32.0 Å². The lowest BCUT2D eigenvalue weighted by Crippen LogP contribution is -2.08. The smallest absolute Gasteiger partial charge is 0.235 e. The van der Waals surface area contributed by atoms with Gasteiger partial charge in [-0.3, -0.25) is 4.40 Å². The highest BCUT2D eigenvalue weighted by molar-refractivity contribution is 7.13. The van der Waals surface area contributed by atoms with Gasteiger partial charge in [0.25, 0.3) is 0 Å². The van der Waals surface area contributed by atoms with Crippen molar-refractivity contribution < 1.29 is 0 Å². The normalized spacial score (nSPS) is 11.4. The Morgan fingerprint density at radius 2 is 1.96 bits per heavy atom. The molecular formula is C18H15Cl2N5S. The molecule has 132 valence electrons. The van der Waals surface area contributed by atoms with Gasteiger partial charge in [0.2, 0.25) is 5.78 Å². The Labute approximate surface area is 164 Å². The SMILES string of the molecule is Cc1csc(-c2cn3c(-c4ccc(Cl)cc4Cl)c(CN)c(C)nc3n2)n1. The molecule has 0 bridgehead atoms. The summed E-state index contributed by atoms with van der Waals surface area (Å²) in [5.74, 6) is 0.587. The summed E-state index contributed by atoms with van der Waals surface area (Å²) in [5.41, 5.74) is 11.2. The van der Waals surface area contributed by atoms with Gasteiger partial charge in [0.1, 0.15) is 10.7 Å². The van der Waals surface area contributed by atoms with Gasteiger partial charge < -0.3 is 5.73 Å². The highest BCUT2D eigenvalue weighted by atomic mass is 35.5. The Morgan fingerprint density at radius 3 is 2.62 bits per heavy atom. The van der Waals surface area contributed by atoms with Crippen LogP contribution >= 0.6 is 34.5 Å². The summed E-state index contributed by atoms with van der Waals surface area (Å²) >= 11 is 14.1. The molecule has 4 rings (SSSR count). The van der Waals surface area contributed by atoms with Gasteiger partial charge in [-0.15, -0.1) is 11.3 Å². The first kappa shape index (κ1) is 17.4. The van der Waals surface area contributed by atoms with Gasteiger partial charge in [0.05, 0.1) is 10.7 Å². The molecule has 26 heavy (non-hydrogen) atoms. The molecule has 3 aromatic heterocycles. The number of rotatable bonds is 3. The Morgan fingerprint density at radius 1 is 1.15 bits per heavy atom. The van der Waals surface area contributed by atoms with E-state index in [2.05, 4.69) is 15.0 Å². The first-order chi connectivity index (χ1) is 12.5. The Kier molecular flexibility index (Phi) is 4.44. The average Bonchev–Trinajstić information content (AvgIpc) is 3.20. The fourth-order valence-corrected chi connectivity index (χ4v) is 4.19. The van der Waals surface area contributed by atoms with Crippen LogP contribution in [-0.4, -0.2) is 19.4 Å². The number of fused-ring (bicyclic) bond motifs is 1. The predicted molar refractivity (Wildman–Crippen MR) is 107 cm³/mol. The number of halogens is 2. The summed E-state index contributed by atoms with van der Waals surface area (Å²) in [4.78, 5) is 13.8. The van der Waals surface area contributed by atoms with Gasteiger partial charge in [0.15, 0.2) is 0 Å². The molecule has 0 radical (unpaired) electrons. The molecule has 8 heteroatoms. The van der Waals surface area contributed by atoms with Gasteiger partial charge >= 0.3 is 0 Å². The molecule has 2 N–H and O–H groups in total. The van der Waals surface area contributed by atoms with Crippen molar-refractivity contribution in [2.45, 2.75) is 20.4 Å². The summed E-state index contributed by atoms with van der Waals surface area (Å²) in [5, 5.41) is 3.99. The minimum absolute atomic E-state index is 0.340. The lowest BCUT2D eigenvalue weighted by Gasteiger charge is -2.14. The molecule has 1 aromatic carbocycles. The highest BCUT2D eigenvalue weighted by Gasteiger charge is 2.19. The van der Waals surface area contributed by atoms with Crippen LogP contribution in [0, 0.1) is 13.8 Å². The van der Waals surface area contributed by atoms with Crippen molar-refractivity contribution in [3.63, 3.8) is 0 Å². The molecule has 0 fully saturated rings. The van der Waals surface area contributed by atoms with Gasteiger partial charge in [0, 0.05) is 45.7 Å². The second kappa shape index (κ2) is 6.63. The van der Waals surface area contributed by atoms with Gasteiger partial charge in [-0.2, -0.15) is 0 Å². The van der Waals surface area contributed by atoms with Crippen molar-refractivity contribution in [3.05, 3.63) is 56.8 Å². The van der Waals surface area contributed by atoms with Crippen LogP contribution in [0.1, 0.15) is 17.0 Å². The fourth-order valence-electron chi connectivity index (χ4n) is 2.94. The monoisotopic (exact) mass is 403 g/mol. The molecule has 0 atom stereocenters. The van der Waals surface area contributed by atoms with Crippen LogP contribution in [-0.2, 0) is 6.54 Å². The molecule has 0 spiro atoms. The van der Waals surface area contributed by atoms with Gasteiger partial charge in [-0.1, -0.05) is 23.2 Å². The van der Waals surface area contributed by atoms with E-state index >= 15 is 0 Å². The molecule has 0 saturated heterocycles. The summed E-state index contributed by atoms with van der Waals surface area (Å²) in [6.45, 7) is 4.23. The summed E-state index contributed by atoms with van der Waals surface area (Å²) < 4.78 is 1.93. The zero-order valence-electron chi connectivity index (χ0n) is 14.1. The van der Waals surface area contributed by atoms with E-state index in [0.29, 0.717) is 22.4 Å². The van der Waals surface area contributed by atoms with Crippen molar-refractivity contribution in [3.8, 4) is 22.0 Å². The summed E-state index contributed by atoms with van der Waals surface area (Å²) in [7, 11) is 0. The predicted octanol–water partition coefficient (Wildman–Crippen LogP) is 4.90. The maximum Gasteiger partial charge on any atom is 0.235 e. The number of hydrogen-bond acceptors (Lipinski definition) is 5. The third-order valence-electron chi connectivity index (χ3n) is 4.15. The summed E-state index contributed by atoms with van der Waals surface area (Å²) in [6, 6.07) is 5.43. The quantitative estimate of drug-likeness (QED) is 0.527. The first-order valence-corrected chi connectivity index (χ1v) is 9.58. The van der Waals surface area contributed by atoms with Crippen LogP contribution < -0.4 is 5.73 Å². The molecule has 4 aromatic rings. The molecule has 0 unspecified atom stereocenters. The number of nitrogens with zero attached hydrogens (tertiary/aromatic N) is 4.